The Balaban J connectivity index is 2.22. The number of methoxy groups -OCH3 is 1. The van der Waals surface area contributed by atoms with Gasteiger partial charge in [0, 0.05) is 18.0 Å². The summed E-state index contributed by atoms with van der Waals surface area (Å²) in [7, 11) is 1.22. The quantitative estimate of drug-likeness (QED) is 0.791. The number of halogens is 1. The van der Waals surface area contributed by atoms with Crippen LogP contribution in [-0.2, 0) is 11.2 Å². The van der Waals surface area contributed by atoms with Gasteiger partial charge in [-0.1, -0.05) is 19.4 Å². The summed E-state index contributed by atoms with van der Waals surface area (Å²) >= 11 is 0. The Morgan fingerprint density at radius 2 is 2.00 bits per heavy atom. The predicted molar refractivity (Wildman–Crippen MR) is 77.4 cm³/mol. The first-order valence-electron chi connectivity index (χ1n) is 6.85. The van der Waals surface area contributed by atoms with Crippen LogP contribution in [0.2, 0.25) is 0 Å². The van der Waals surface area contributed by atoms with Crippen LogP contribution < -0.4 is 0 Å². The normalized spacial score (nSPS) is 10.4. The molecule has 0 aliphatic rings. The van der Waals surface area contributed by atoms with Crippen LogP contribution in [0.1, 0.15) is 35.7 Å². The van der Waals surface area contributed by atoms with Crippen molar-refractivity contribution in [3.05, 3.63) is 47.5 Å². The number of nitrogens with zero attached hydrogens (tertiary/aromatic N) is 2. The molecule has 5 heteroatoms. The highest BCUT2D eigenvalue weighted by Gasteiger charge is 2.13. The third-order valence-corrected chi connectivity index (χ3v) is 3.16. The first-order valence-corrected chi connectivity index (χ1v) is 6.85. The fourth-order valence-corrected chi connectivity index (χ4v) is 1.94. The molecule has 0 N–H and O–H groups in total. The van der Waals surface area contributed by atoms with Gasteiger partial charge >= 0.3 is 5.97 Å². The van der Waals surface area contributed by atoms with Gasteiger partial charge in [-0.2, -0.15) is 0 Å². The lowest BCUT2D eigenvalue weighted by Gasteiger charge is -2.05. The summed E-state index contributed by atoms with van der Waals surface area (Å²) in [5, 5.41) is 0. The Hall–Kier alpha value is -2.30. The van der Waals surface area contributed by atoms with Gasteiger partial charge in [0.2, 0.25) is 0 Å². The average Bonchev–Trinajstić information content (AvgIpc) is 2.52. The number of aromatic nitrogens is 2. The van der Waals surface area contributed by atoms with E-state index < -0.39 is 11.8 Å². The number of ether oxygens (including phenoxy) is 1. The van der Waals surface area contributed by atoms with Crippen molar-refractivity contribution in [3.8, 4) is 11.4 Å². The minimum absolute atomic E-state index is 0.0965. The highest BCUT2D eigenvalue weighted by Crippen LogP contribution is 2.19. The van der Waals surface area contributed by atoms with Crippen LogP contribution in [0.5, 0.6) is 0 Å². The van der Waals surface area contributed by atoms with Crippen LogP contribution in [0.15, 0.2) is 30.6 Å². The van der Waals surface area contributed by atoms with Crippen molar-refractivity contribution < 1.29 is 13.9 Å². The lowest BCUT2D eigenvalue weighted by Crippen LogP contribution is -2.04. The molecule has 1 aromatic carbocycles. The molecule has 0 atom stereocenters. The molecule has 2 aromatic rings. The van der Waals surface area contributed by atoms with Crippen LogP contribution in [0.4, 0.5) is 4.39 Å². The van der Waals surface area contributed by atoms with E-state index in [1.807, 2.05) is 0 Å². The molecular weight excluding hydrogens is 271 g/mol. The second-order valence-corrected chi connectivity index (χ2v) is 4.70. The molecule has 0 aliphatic carbocycles. The van der Waals surface area contributed by atoms with Crippen molar-refractivity contribution in [2.24, 2.45) is 0 Å². The van der Waals surface area contributed by atoms with Gasteiger partial charge in [0.05, 0.1) is 12.7 Å². The highest BCUT2D eigenvalue weighted by atomic mass is 19.1. The summed E-state index contributed by atoms with van der Waals surface area (Å²) in [5.41, 5.74) is 1.50. The molecule has 21 heavy (non-hydrogen) atoms. The number of hydrogen-bond acceptors (Lipinski definition) is 4. The van der Waals surface area contributed by atoms with E-state index in [1.165, 1.54) is 19.2 Å². The Morgan fingerprint density at radius 3 is 2.57 bits per heavy atom. The fraction of sp³-hybridized carbons (Fsp3) is 0.312. The molecule has 0 amide bonds. The molecule has 1 heterocycles. The topological polar surface area (TPSA) is 52.1 Å². The summed E-state index contributed by atoms with van der Waals surface area (Å²) in [5.74, 6) is -0.904. The lowest BCUT2D eigenvalue weighted by molar-refractivity contribution is 0.0595. The maximum absolute atomic E-state index is 13.9. The molecule has 0 radical (unpaired) electrons. The zero-order valence-corrected chi connectivity index (χ0v) is 12.1. The maximum Gasteiger partial charge on any atom is 0.340 e. The van der Waals surface area contributed by atoms with E-state index in [0.717, 1.165) is 24.8 Å². The molecule has 110 valence electrons. The molecule has 4 nitrogen and oxygen atoms in total. The Morgan fingerprint density at radius 1 is 1.29 bits per heavy atom. The third-order valence-electron chi connectivity index (χ3n) is 3.16. The SMILES string of the molecule is CCCCc1cnc(-c2ccc(C(=O)OC)c(F)c2)nc1. The number of hydrogen-bond donors (Lipinski definition) is 0. The lowest BCUT2D eigenvalue weighted by atomic mass is 10.1. The predicted octanol–water partition coefficient (Wildman–Crippen LogP) is 3.41. The molecular formula is C16H17FN2O2. The number of esters is 1. The van der Waals surface area contributed by atoms with Crippen molar-refractivity contribution in [2.75, 3.05) is 7.11 Å². The van der Waals surface area contributed by atoms with Gasteiger partial charge in [0.25, 0.3) is 0 Å². The summed E-state index contributed by atoms with van der Waals surface area (Å²) in [6, 6.07) is 4.23. The number of carbonyl (C=O) groups is 1. The van der Waals surface area contributed by atoms with Gasteiger partial charge < -0.3 is 4.74 Å². The number of unbranched alkanes of at least 4 members (excludes halogenated alkanes) is 1. The molecule has 0 saturated carbocycles. The van der Waals surface area contributed by atoms with Crippen molar-refractivity contribution in [2.45, 2.75) is 26.2 Å². The van der Waals surface area contributed by atoms with Gasteiger partial charge in [-0.25, -0.2) is 19.2 Å². The molecule has 2 rings (SSSR count). The van der Waals surface area contributed by atoms with Gasteiger partial charge in [-0.05, 0) is 30.5 Å². The molecule has 0 fully saturated rings. The third kappa shape index (κ3) is 3.62. The zero-order chi connectivity index (χ0) is 15.2. The molecule has 0 bridgehead atoms. The summed E-state index contributed by atoms with van der Waals surface area (Å²) in [6.45, 7) is 2.13. The van der Waals surface area contributed by atoms with Crippen molar-refractivity contribution >= 4 is 5.97 Å². The van der Waals surface area contributed by atoms with Gasteiger partial charge in [0.15, 0.2) is 5.82 Å². The molecule has 0 saturated heterocycles. The fourth-order valence-electron chi connectivity index (χ4n) is 1.94. The minimum Gasteiger partial charge on any atom is -0.465 e. The number of aryl methyl sites for hydroxylation is 1. The maximum atomic E-state index is 13.9. The molecule has 0 aliphatic heterocycles. The molecule has 0 spiro atoms. The Kier molecular flexibility index (Phi) is 4.98. The summed E-state index contributed by atoms with van der Waals surface area (Å²) in [6.07, 6.45) is 6.65. The first-order chi connectivity index (χ1) is 10.2. The van der Waals surface area contributed by atoms with E-state index in [1.54, 1.807) is 18.5 Å². The van der Waals surface area contributed by atoms with E-state index in [2.05, 4.69) is 21.6 Å². The van der Waals surface area contributed by atoms with Crippen LogP contribution in [-0.4, -0.2) is 23.0 Å². The first kappa shape index (κ1) is 15.1. The largest absolute Gasteiger partial charge is 0.465 e. The Labute approximate surface area is 123 Å². The van der Waals surface area contributed by atoms with E-state index >= 15 is 0 Å². The molecule has 0 unspecified atom stereocenters. The van der Waals surface area contributed by atoms with E-state index in [4.69, 9.17) is 0 Å². The van der Waals surface area contributed by atoms with Crippen LogP contribution in [0.25, 0.3) is 11.4 Å². The monoisotopic (exact) mass is 288 g/mol. The number of benzene rings is 1. The van der Waals surface area contributed by atoms with E-state index in [0.29, 0.717) is 11.4 Å². The smallest absolute Gasteiger partial charge is 0.340 e. The summed E-state index contributed by atoms with van der Waals surface area (Å²) in [4.78, 5) is 19.8. The number of carbonyl (C=O) groups excluding carboxylic acids is 1. The van der Waals surface area contributed by atoms with Crippen LogP contribution in [0, 0.1) is 5.82 Å². The van der Waals surface area contributed by atoms with Gasteiger partial charge in [-0.3, -0.25) is 0 Å². The van der Waals surface area contributed by atoms with Crippen molar-refractivity contribution in [3.63, 3.8) is 0 Å². The minimum atomic E-state index is -0.699. The van der Waals surface area contributed by atoms with Crippen LogP contribution in [0.3, 0.4) is 0 Å². The molecule has 1 aromatic heterocycles. The van der Waals surface area contributed by atoms with E-state index in [9.17, 15) is 9.18 Å². The standard InChI is InChI=1S/C16H17FN2O2/c1-3-4-5-11-9-18-15(19-10-11)12-6-7-13(14(17)8-12)16(20)21-2/h6-10H,3-5H2,1-2H3. The average molecular weight is 288 g/mol. The zero-order valence-electron chi connectivity index (χ0n) is 12.1. The van der Waals surface area contributed by atoms with Gasteiger partial charge in [-0.15, -0.1) is 0 Å². The van der Waals surface area contributed by atoms with E-state index in [-0.39, 0.29) is 5.56 Å². The van der Waals surface area contributed by atoms with Crippen molar-refractivity contribution in [1.29, 1.82) is 0 Å². The second kappa shape index (κ2) is 6.92. The van der Waals surface area contributed by atoms with Gasteiger partial charge in [0.1, 0.15) is 5.82 Å². The highest BCUT2D eigenvalue weighted by molar-refractivity contribution is 5.90. The number of rotatable bonds is 5. The van der Waals surface area contributed by atoms with Crippen LogP contribution >= 0.6 is 0 Å². The summed E-state index contributed by atoms with van der Waals surface area (Å²) < 4.78 is 18.4. The van der Waals surface area contributed by atoms with Crippen molar-refractivity contribution in [1.82, 2.24) is 9.97 Å². The Bertz CT molecular complexity index is 627. The second-order valence-electron chi connectivity index (χ2n) is 4.70.